The Morgan fingerprint density at radius 3 is 2.53 bits per heavy atom. The van der Waals surface area contributed by atoms with Gasteiger partial charge in [-0.25, -0.2) is 0 Å². The smallest absolute Gasteiger partial charge is 0.314 e. The molecule has 98 valence electrons. The van der Waals surface area contributed by atoms with Crippen LogP contribution in [0.5, 0.6) is 0 Å². The fraction of sp³-hybridized carbons (Fsp3) is 0.250. The molecule has 0 aliphatic carbocycles. The van der Waals surface area contributed by atoms with Crippen molar-refractivity contribution in [2.75, 3.05) is 0 Å². The molecule has 0 fully saturated rings. The second-order valence-electron chi connectivity index (χ2n) is 5.04. The molecule has 1 atom stereocenters. The number of carbonyl (C=O) groups is 1. The first kappa shape index (κ1) is 13.3. The summed E-state index contributed by atoms with van der Waals surface area (Å²) in [6, 6.07) is 11.4. The van der Waals surface area contributed by atoms with E-state index in [9.17, 15) is 9.90 Å². The van der Waals surface area contributed by atoms with E-state index in [0.717, 1.165) is 16.7 Å². The van der Waals surface area contributed by atoms with Crippen molar-refractivity contribution in [3.05, 3.63) is 65.5 Å². The predicted octanol–water partition coefficient (Wildman–Crippen LogP) is 2.98. The van der Waals surface area contributed by atoms with Crippen molar-refractivity contribution in [2.24, 2.45) is 0 Å². The van der Waals surface area contributed by atoms with Crippen LogP contribution in [-0.2, 0) is 16.6 Å². The van der Waals surface area contributed by atoms with E-state index in [4.69, 9.17) is 0 Å². The monoisotopic (exact) mass is 255 g/mol. The van der Waals surface area contributed by atoms with Crippen molar-refractivity contribution in [3.63, 3.8) is 0 Å². The van der Waals surface area contributed by atoms with Gasteiger partial charge in [0.05, 0.1) is 5.41 Å². The lowest BCUT2D eigenvalue weighted by molar-refractivity contribution is -0.143. The molecule has 0 radical (unpaired) electrons. The van der Waals surface area contributed by atoms with Gasteiger partial charge in [-0.05, 0) is 43.5 Å². The van der Waals surface area contributed by atoms with E-state index in [1.165, 1.54) is 0 Å². The summed E-state index contributed by atoms with van der Waals surface area (Å²) < 4.78 is 0. The fourth-order valence-corrected chi connectivity index (χ4v) is 2.20. The van der Waals surface area contributed by atoms with Crippen molar-refractivity contribution < 1.29 is 9.90 Å². The van der Waals surface area contributed by atoms with Gasteiger partial charge in [0.1, 0.15) is 0 Å². The fourth-order valence-electron chi connectivity index (χ4n) is 2.20. The molecule has 0 bridgehead atoms. The summed E-state index contributed by atoms with van der Waals surface area (Å²) in [6.45, 7) is 3.74. The van der Waals surface area contributed by atoms with E-state index in [1.807, 2.05) is 43.3 Å². The highest BCUT2D eigenvalue weighted by molar-refractivity contribution is 5.81. The van der Waals surface area contributed by atoms with Crippen LogP contribution in [0.25, 0.3) is 0 Å². The number of benzene rings is 1. The van der Waals surface area contributed by atoms with Gasteiger partial charge in [0.15, 0.2) is 0 Å². The van der Waals surface area contributed by atoms with Gasteiger partial charge in [-0.2, -0.15) is 0 Å². The average Bonchev–Trinajstić information content (AvgIpc) is 2.39. The number of aliphatic carboxylic acids is 1. The number of carboxylic acid groups (broad SMARTS) is 1. The zero-order valence-corrected chi connectivity index (χ0v) is 11.1. The highest BCUT2D eigenvalue weighted by atomic mass is 16.4. The minimum absolute atomic E-state index is 0.453. The molecule has 3 nitrogen and oxygen atoms in total. The molecule has 2 rings (SSSR count). The van der Waals surface area contributed by atoms with Crippen molar-refractivity contribution in [3.8, 4) is 0 Å². The van der Waals surface area contributed by atoms with Gasteiger partial charge in [-0.1, -0.05) is 29.8 Å². The molecule has 2 aromatic rings. The van der Waals surface area contributed by atoms with Crippen LogP contribution in [-0.4, -0.2) is 16.1 Å². The van der Waals surface area contributed by atoms with E-state index < -0.39 is 11.4 Å². The topological polar surface area (TPSA) is 50.2 Å². The number of carboxylic acids is 1. The molecule has 0 saturated carbocycles. The third kappa shape index (κ3) is 2.81. The molecule has 0 aliphatic rings. The molecule has 1 heterocycles. The Kier molecular flexibility index (Phi) is 3.65. The van der Waals surface area contributed by atoms with Crippen LogP contribution in [0.15, 0.2) is 48.8 Å². The largest absolute Gasteiger partial charge is 0.481 e. The van der Waals surface area contributed by atoms with Crippen LogP contribution in [0, 0.1) is 6.92 Å². The van der Waals surface area contributed by atoms with Crippen LogP contribution in [0.1, 0.15) is 23.6 Å². The standard InChI is InChI=1S/C16H17NO2/c1-12-4-3-5-14(10-12)16(2,15(18)19)11-13-6-8-17-9-7-13/h3-10H,11H2,1-2H3,(H,18,19). The van der Waals surface area contributed by atoms with Gasteiger partial charge in [0.2, 0.25) is 0 Å². The summed E-state index contributed by atoms with van der Waals surface area (Å²) >= 11 is 0. The summed E-state index contributed by atoms with van der Waals surface area (Å²) in [4.78, 5) is 15.7. The summed E-state index contributed by atoms with van der Waals surface area (Å²) in [5, 5.41) is 9.62. The number of hydrogen-bond acceptors (Lipinski definition) is 2. The van der Waals surface area contributed by atoms with Crippen LogP contribution in [0.4, 0.5) is 0 Å². The predicted molar refractivity (Wildman–Crippen MR) is 74.1 cm³/mol. The molecule has 3 heteroatoms. The maximum atomic E-state index is 11.7. The van der Waals surface area contributed by atoms with Gasteiger partial charge in [-0.3, -0.25) is 9.78 Å². The van der Waals surface area contributed by atoms with Crippen molar-refractivity contribution >= 4 is 5.97 Å². The highest BCUT2D eigenvalue weighted by Gasteiger charge is 2.35. The number of aryl methyl sites for hydroxylation is 1. The normalized spacial score (nSPS) is 13.8. The number of hydrogen-bond donors (Lipinski definition) is 1. The van der Waals surface area contributed by atoms with E-state index in [-0.39, 0.29) is 0 Å². The third-order valence-electron chi connectivity index (χ3n) is 3.43. The lowest BCUT2D eigenvalue weighted by atomic mass is 9.77. The lowest BCUT2D eigenvalue weighted by Gasteiger charge is -2.26. The van der Waals surface area contributed by atoms with Gasteiger partial charge < -0.3 is 5.11 Å². The Morgan fingerprint density at radius 2 is 1.95 bits per heavy atom. The average molecular weight is 255 g/mol. The van der Waals surface area contributed by atoms with Crippen LogP contribution in [0.3, 0.4) is 0 Å². The molecule has 1 aromatic heterocycles. The van der Waals surface area contributed by atoms with Crippen molar-refractivity contribution in [1.29, 1.82) is 0 Å². The van der Waals surface area contributed by atoms with E-state index in [2.05, 4.69) is 4.98 Å². The summed E-state index contributed by atoms with van der Waals surface area (Å²) in [5.74, 6) is -0.810. The highest BCUT2D eigenvalue weighted by Crippen LogP contribution is 2.29. The second-order valence-corrected chi connectivity index (χ2v) is 5.04. The van der Waals surface area contributed by atoms with Crippen molar-refractivity contribution in [1.82, 2.24) is 4.98 Å². The molecule has 1 N–H and O–H groups in total. The summed E-state index contributed by atoms with van der Waals surface area (Å²) in [7, 11) is 0. The Morgan fingerprint density at radius 1 is 1.26 bits per heavy atom. The molecule has 0 aliphatic heterocycles. The number of pyridine rings is 1. The van der Waals surface area contributed by atoms with E-state index in [0.29, 0.717) is 6.42 Å². The SMILES string of the molecule is Cc1cccc(C(C)(Cc2ccncc2)C(=O)O)c1. The molecular weight excluding hydrogens is 238 g/mol. The Balaban J connectivity index is 2.41. The van der Waals surface area contributed by atoms with Crippen molar-refractivity contribution in [2.45, 2.75) is 25.7 Å². The number of nitrogens with zero attached hydrogens (tertiary/aromatic N) is 1. The minimum atomic E-state index is -0.923. The first-order valence-corrected chi connectivity index (χ1v) is 6.22. The van der Waals surface area contributed by atoms with Gasteiger partial charge in [0.25, 0.3) is 0 Å². The quantitative estimate of drug-likeness (QED) is 0.913. The van der Waals surface area contributed by atoms with Crippen LogP contribution in [0.2, 0.25) is 0 Å². The van der Waals surface area contributed by atoms with E-state index in [1.54, 1.807) is 19.3 Å². The molecule has 0 spiro atoms. The zero-order chi connectivity index (χ0) is 13.9. The summed E-state index contributed by atoms with van der Waals surface area (Å²) in [5.41, 5.74) is 1.95. The molecule has 1 unspecified atom stereocenters. The van der Waals surface area contributed by atoms with E-state index >= 15 is 0 Å². The molecular formula is C16H17NO2. The Hall–Kier alpha value is -2.16. The van der Waals surface area contributed by atoms with Crippen LogP contribution >= 0.6 is 0 Å². The number of aromatic nitrogens is 1. The Bertz CT molecular complexity index is 580. The number of rotatable bonds is 4. The van der Waals surface area contributed by atoms with Gasteiger partial charge >= 0.3 is 5.97 Å². The lowest BCUT2D eigenvalue weighted by Crippen LogP contribution is -2.34. The van der Waals surface area contributed by atoms with Gasteiger partial charge in [0, 0.05) is 12.4 Å². The first-order valence-electron chi connectivity index (χ1n) is 6.22. The first-order chi connectivity index (χ1) is 9.02. The summed E-state index contributed by atoms with van der Waals surface area (Å²) in [6.07, 6.45) is 3.83. The molecule has 0 amide bonds. The van der Waals surface area contributed by atoms with Gasteiger partial charge in [-0.15, -0.1) is 0 Å². The van der Waals surface area contributed by atoms with Crippen LogP contribution < -0.4 is 0 Å². The maximum absolute atomic E-state index is 11.7. The second kappa shape index (κ2) is 5.22. The maximum Gasteiger partial charge on any atom is 0.314 e. The molecule has 19 heavy (non-hydrogen) atoms. The third-order valence-corrected chi connectivity index (χ3v) is 3.43. The zero-order valence-electron chi connectivity index (χ0n) is 11.1. The molecule has 1 aromatic carbocycles. The Labute approximate surface area is 112 Å². The minimum Gasteiger partial charge on any atom is -0.481 e. The molecule has 0 saturated heterocycles.